The van der Waals surface area contributed by atoms with Crippen LogP contribution in [-0.2, 0) is 4.79 Å². The van der Waals surface area contributed by atoms with Gasteiger partial charge in [0.2, 0.25) is 0 Å². The van der Waals surface area contributed by atoms with Crippen molar-refractivity contribution < 1.29 is 9.90 Å². The van der Waals surface area contributed by atoms with Crippen LogP contribution in [0.25, 0.3) is 0 Å². The Morgan fingerprint density at radius 3 is 2.43 bits per heavy atom. The van der Waals surface area contributed by atoms with Crippen molar-refractivity contribution in [3.63, 3.8) is 0 Å². The van der Waals surface area contributed by atoms with Gasteiger partial charge in [-0.1, -0.05) is 19.9 Å². The lowest BCUT2D eigenvalue weighted by Crippen LogP contribution is -2.32. The average molecular weight is 199 g/mol. The van der Waals surface area contributed by atoms with Gasteiger partial charge in [-0.3, -0.25) is 4.90 Å². The Hall–Kier alpha value is -0.830. The highest BCUT2D eigenvalue weighted by Gasteiger charge is 2.08. The number of hydrogen-bond donors (Lipinski definition) is 1. The lowest BCUT2D eigenvalue weighted by molar-refractivity contribution is -0.132. The molecule has 0 saturated heterocycles. The van der Waals surface area contributed by atoms with Crippen LogP contribution in [0.15, 0.2) is 11.6 Å². The maximum Gasteiger partial charge on any atom is 0.330 e. The molecule has 0 amide bonds. The first-order valence-electron chi connectivity index (χ1n) is 5.17. The second-order valence-electron chi connectivity index (χ2n) is 3.54. The van der Waals surface area contributed by atoms with E-state index in [4.69, 9.17) is 5.11 Å². The molecule has 14 heavy (non-hydrogen) atoms. The predicted octanol–water partition coefficient (Wildman–Crippen LogP) is 2.14. The Morgan fingerprint density at radius 2 is 2.07 bits per heavy atom. The number of aliphatic carboxylic acids is 1. The summed E-state index contributed by atoms with van der Waals surface area (Å²) in [7, 11) is 0. The van der Waals surface area contributed by atoms with Crippen molar-refractivity contribution in [1.29, 1.82) is 0 Å². The molecule has 3 heteroatoms. The third kappa shape index (κ3) is 4.42. The largest absolute Gasteiger partial charge is 0.478 e. The van der Waals surface area contributed by atoms with E-state index in [1.54, 1.807) is 13.0 Å². The molecule has 0 aromatic heterocycles. The highest BCUT2D eigenvalue weighted by Crippen LogP contribution is 2.04. The van der Waals surface area contributed by atoms with Gasteiger partial charge in [-0.25, -0.2) is 4.79 Å². The van der Waals surface area contributed by atoms with Crippen LogP contribution in [0.5, 0.6) is 0 Å². The van der Waals surface area contributed by atoms with Gasteiger partial charge in [0.15, 0.2) is 0 Å². The molecule has 0 fully saturated rings. The Kier molecular flexibility index (Phi) is 6.21. The number of carboxylic acids is 1. The van der Waals surface area contributed by atoms with Crippen molar-refractivity contribution in [2.24, 2.45) is 0 Å². The SMILES string of the molecule is CCC(C)N(CC)CC=C(C)C(=O)O. The third-order valence-electron chi connectivity index (χ3n) is 2.59. The molecule has 82 valence electrons. The maximum absolute atomic E-state index is 10.6. The molecule has 0 rings (SSSR count). The topological polar surface area (TPSA) is 40.5 Å². The number of carboxylic acid groups (broad SMARTS) is 1. The summed E-state index contributed by atoms with van der Waals surface area (Å²) in [6.07, 6.45) is 2.87. The van der Waals surface area contributed by atoms with Crippen molar-refractivity contribution in [2.75, 3.05) is 13.1 Å². The van der Waals surface area contributed by atoms with Crippen LogP contribution in [0.2, 0.25) is 0 Å². The number of carbonyl (C=O) groups is 1. The van der Waals surface area contributed by atoms with Crippen molar-refractivity contribution in [1.82, 2.24) is 4.90 Å². The van der Waals surface area contributed by atoms with Gasteiger partial charge in [0, 0.05) is 18.2 Å². The van der Waals surface area contributed by atoms with Gasteiger partial charge < -0.3 is 5.11 Å². The van der Waals surface area contributed by atoms with Crippen molar-refractivity contribution >= 4 is 5.97 Å². The molecule has 0 aromatic rings. The minimum atomic E-state index is -0.829. The van der Waals surface area contributed by atoms with Crippen LogP contribution in [-0.4, -0.2) is 35.1 Å². The maximum atomic E-state index is 10.6. The Labute approximate surface area is 86.4 Å². The smallest absolute Gasteiger partial charge is 0.330 e. The van der Waals surface area contributed by atoms with E-state index in [2.05, 4.69) is 25.7 Å². The summed E-state index contributed by atoms with van der Waals surface area (Å²) in [4.78, 5) is 12.8. The Morgan fingerprint density at radius 1 is 1.50 bits per heavy atom. The molecule has 0 aliphatic carbocycles. The zero-order chi connectivity index (χ0) is 11.1. The zero-order valence-corrected chi connectivity index (χ0v) is 9.58. The fourth-order valence-corrected chi connectivity index (χ4v) is 1.22. The molecule has 0 spiro atoms. The monoisotopic (exact) mass is 199 g/mol. The Balaban J connectivity index is 4.20. The quantitative estimate of drug-likeness (QED) is 0.666. The molecule has 0 radical (unpaired) electrons. The number of likely N-dealkylation sites (N-methyl/N-ethyl adjacent to an activating group) is 1. The summed E-state index contributed by atoms with van der Waals surface area (Å²) in [5.41, 5.74) is 0.423. The molecule has 1 atom stereocenters. The van der Waals surface area contributed by atoms with E-state index in [1.807, 2.05) is 0 Å². The van der Waals surface area contributed by atoms with Crippen molar-refractivity contribution in [3.05, 3.63) is 11.6 Å². The summed E-state index contributed by atoms with van der Waals surface area (Å²) in [5.74, 6) is -0.829. The second-order valence-corrected chi connectivity index (χ2v) is 3.54. The van der Waals surface area contributed by atoms with E-state index in [0.29, 0.717) is 11.6 Å². The number of rotatable bonds is 6. The molecular weight excluding hydrogens is 178 g/mol. The molecule has 0 saturated carbocycles. The van der Waals surface area contributed by atoms with E-state index < -0.39 is 5.97 Å². The van der Waals surface area contributed by atoms with Crippen LogP contribution in [0.1, 0.15) is 34.1 Å². The van der Waals surface area contributed by atoms with E-state index in [1.165, 1.54) is 0 Å². The lowest BCUT2D eigenvalue weighted by atomic mass is 10.2. The van der Waals surface area contributed by atoms with E-state index in [0.717, 1.165) is 19.5 Å². The zero-order valence-electron chi connectivity index (χ0n) is 9.58. The first-order valence-corrected chi connectivity index (χ1v) is 5.17. The fraction of sp³-hybridized carbons (Fsp3) is 0.727. The van der Waals surface area contributed by atoms with Gasteiger partial charge in [-0.05, 0) is 26.8 Å². The van der Waals surface area contributed by atoms with E-state index in [-0.39, 0.29) is 0 Å². The van der Waals surface area contributed by atoms with Crippen LogP contribution in [0, 0.1) is 0 Å². The van der Waals surface area contributed by atoms with Crippen molar-refractivity contribution in [3.8, 4) is 0 Å². The van der Waals surface area contributed by atoms with Crippen LogP contribution in [0.4, 0.5) is 0 Å². The average Bonchev–Trinajstić information content (AvgIpc) is 2.17. The minimum Gasteiger partial charge on any atom is -0.478 e. The van der Waals surface area contributed by atoms with Gasteiger partial charge >= 0.3 is 5.97 Å². The van der Waals surface area contributed by atoms with Crippen LogP contribution >= 0.6 is 0 Å². The fourth-order valence-electron chi connectivity index (χ4n) is 1.22. The predicted molar refractivity (Wildman–Crippen MR) is 58.4 cm³/mol. The highest BCUT2D eigenvalue weighted by atomic mass is 16.4. The van der Waals surface area contributed by atoms with Crippen LogP contribution < -0.4 is 0 Å². The summed E-state index contributed by atoms with van der Waals surface area (Å²) in [6, 6.07) is 0.512. The summed E-state index contributed by atoms with van der Waals surface area (Å²) >= 11 is 0. The Bertz CT molecular complexity index is 211. The second kappa shape index (κ2) is 6.60. The number of nitrogens with zero attached hydrogens (tertiary/aromatic N) is 1. The molecule has 1 unspecified atom stereocenters. The van der Waals surface area contributed by atoms with Crippen LogP contribution in [0.3, 0.4) is 0 Å². The molecule has 0 aliphatic rings. The van der Waals surface area contributed by atoms with Gasteiger partial charge in [-0.2, -0.15) is 0 Å². The first-order chi connectivity index (χ1) is 6.52. The molecule has 0 bridgehead atoms. The summed E-state index contributed by atoms with van der Waals surface area (Å²) in [5, 5.41) is 8.68. The molecular formula is C11H21NO2. The standard InChI is InChI=1S/C11H21NO2/c1-5-10(4)12(6-2)8-7-9(3)11(13)14/h7,10H,5-6,8H2,1-4H3,(H,13,14). The molecule has 0 aromatic carbocycles. The third-order valence-corrected chi connectivity index (χ3v) is 2.59. The normalized spacial score (nSPS) is 14.5. The summed E-state index contributed by atoms with van der Waals surface area (Å²) in [6.45, 7) is 9.71. The molecule has 1 N–H and O–H groups in total. The van der Waals surface area contributed by atoms with Gasteiger partial charge in [0.25, 0.3) is 0 Å². The van der Waals surface area contributed by atoms with Gasteiger partial charge in [0.05, 0.1) is 0 Å². The molecule has 0 aliphatic heterocycles. The molecule has 0 heterocycles. The minimum absolute atomic E-state index is 0.423. The highest BCUT2D eigenvalue weighted by molar-refractivity contribution is 5.85. The van der Waals surface area contributed by atoms with Gasteiger partial charge in [-0.15, -0.1) is 0 Å². The van der Waals surface area contributed by atoms with Gasteiger partial charge in [0.1, 0.15) is 0 Å². The lowest BCUT2D eigenvalue weighted by Gasteiger charge is -2.25. The number of hydrogen-bond acceptors (Lipinski definition) is 2. The van der Waals surface area contributed by atoms with E-state index >= 15 is 0 Å². The first kappa shape index (κ1) is 13.2. The van der Waals surface area contributed by atoms with Crippen molar-refractivity contribution in [2.45, 2.75) is 40.2 Å². The summed E-state index contributed by atoms with van der Waals surface area (Å²) < 4.78 is 0. The van der Waals surface area contributed by atoms with E-state index in [9.17, 15) is 4.79 Å². The molecule has 3 nitrogen and oxygen atoms in total.